The molecule has 0 radical (unpaired) electrons. The Morgan fingerprint density at radius 2 is 1.17 bits per heavy atom. The van der Waals surface area contributed by atoms with E-state index in [0.29, 0.717) is 6.42 Å². The van der Waals surface area contributed by atoms with Crippen LogP contribution in [0.4, 0.5) is 0 Å². The lowest BCUT2D eigenvalue weighted by Gasteiger charge is -2.28. The van der Waals surface area contributed by atoms with Crippen molar-refractivity contribution in [3.05, 3.63) is 0 Å². The number of carboxylic acids is 1. The van der Waals surface area contributed by atoms with Crippen molar-refractivity contribution in [1.29, 1.82) is 0 Å². The summed E-state index contributed by atoms with van der Waals surface area (Å²) in [4.78, 5) is 11.2. The van der Waals surface area contributed by atoms with E-state index in [1.807, 2.05) is 0 Å². The number of rotatable bonds is 17. The standard InChI is InChI=1S/C20H42N2O2/c1-3-4-5-6-7-8-9-10-11-12-13-14-15-16-17-20(22,18(2)21)19(23)24/h18H,3-17,21-22H2,1-2H3,(H,23,24). The van der Waals surface area contributed by atoms with Gasteiger partial charge >= 0.3 is 5.97 Å². The fourth-order valence-electron chi connectivity index (χ4n) is 3.14. The van der Waals surface area contributed by atoms with Crippen LogP contribution in [0.5, 0.6) is 0 Å². The van der Waals surface area contributed by atoms with Gasteiger partial charge in [-0.15, -0.1) is 0 Å². The molecular weight excluding hydrogens is 300 g/mol. The molecule has 0 aliphatic carbocycles. The zero-order valence-electron chi connectivity index (χ0n) is 16.2. The molecule has 2 unspecified atom stereocenters. The van der Waals surface area contributed by atoms with Gasteiger partial charge in [0.25, 0.3) is 0 Å². The van der Waals surface area contributed by atoms with E-state index in [9.17, 15) is 9.90 Å². The van der Waals surface area contributed by atoms with Gasteiger partial charge in [-0.2, -0.15) is 0 Å². The van der Waals surface area contributed by atoms with E-state index >= 15 is 0 Å². The Morgan fingerprint density at radius 1 is 0.833 bits per heavy atom. The molecule has 4 heteroatoms. The van der Waals surface area contributed by atoms with Gasteiger partial charge in [-0.05, 0) is 13.3 Å². The van der Waals surface area contributed by atoms with Crippen molar-refractivity contribution < 1.29 is 9.90 Å². The lowest BCUT2D eigenvalue weighted by molar-refractivity contribution is -0.144. The van der Waals surface area contributed by atoms with E-state index in [4.69, 9.17) is 11.5 Å². The van der Waals surface area contributed by atoms with Crippen LogP contribution in [0.25, 0.3) is 0 Å². The van der Waals surface area contributed by atoms with Gasteiger partial charge in [-0.25, -0.2) is 0 Å². The van der Waals surface area contributed by atoms with Crippen LogP contribution in [0.2, 0.25) is 0 Å². The first-order valence-corrected chi connectivity index (χ1v) is 10.2. The Hall–Kier alpha value is -0.610. The minimum absolute atomic E-state index is 0.470. The minimum Gasteiger partial charge on any atom is -0.480 e. The number of hydrogen-bond donors (Lipinski definition) is 3. The van der Waals surface area contributed by atoms with Crippen molar-refractivity contribution >= 4 is 5.97 Å². The van der Waals surface area contributed by atoms with Gasteiger partial charge in [-0.1, -0.05) is 96.8 Å². The van der Waals surface area contributed by atoms with E-state index in [0.717, 1.165) is 12.8 Å². The SMILES string of the molecule is CCCCCCCCCCCCCCCCC(N)(C(=O)O)C(C)N. The van der Waals surface area contributed by atoms with E-state index in [2.05, 4.69) is 6.92 Å². The summed E-state index contributed by atoms with van der Waals surface area (Å²) >= 11 is 0. The summed E-state index contributed by atoms with van der Waals surface area (Å²) in [5.74, 6) is -0.979. The Kier molecular flexibility index (Phi) is 14.3. The molecule has 0 spiro atoms. The number of carboxylic acid groups (broad SMARTS) is 1. The summed E-state index contributed by atoms with van der Waals surface area (Å²) < 4.78 is 0. The summed E-state index contributed by atoms with van der Waals surface area (Å²) in [7, 11) is 0. The Balaban J connectivity index is 3.38. The van der Waals surface area contributed by atoms with Crippen molar-refractivity contribution in [2.75, 3.05) is 0 Å². The molecule has 0 heterocycles. The first-order valence-electron chi connectivity index (χ1n) is 10.2. The van der Waals surface area contributed by atoms with Gasteiger partial charge in [0.1, 0.15) is 5.54 Å². The van der Waals surface area contributed by atoms with Crippen LogP contribution in [0.1, 0.15) is 110 Å². The van der Waals surface area contributed by atoms with Crippen LogP contribution < -0.4 is 11.5 Å². The average Bonchev–Trinajstić information content (AvgIpc) is 2.54. The van der Waals surface area contributed by atoms with E-state index in [-0.39, 0.29) is 0 Å². The van der Waals surface area contributed by atoms with Crippen LogP contribution in [-0.4, -0.2) is 22.7 Å². The number of carbonyl (C=O) groups is 1. The largest absolute Gasteiger partial charge is 0.480 e. The maximum atomic E-state index is 11.2. The predicted octanol–water partition coefficient (Wildman–Crippen LogP) is 4.99. The molecule has 0 rings (SSSR count). The molecule has 144 valence electrons. The van der Waals surface area contributed by atoms with Gasteiger partial charge in [0.15, 0.2) is 0 Å². The number of nitrogens with two attached hydrogens (primary N) is 2. The highest BCUT2D eigenvalue weighted by atomic mass is 16.4. The van der Waals surface area contributed by atoms with Crippen molar-refractivity contribution in [1.82, 2.24) is 0 Å². The van der Waals surface area contributed by atoms with E-state index < -0.39 is 17.6 Å². The zero-order valence-corrected chi connectivity index (χ0v) is 16.2. The third kappa shape index (κ3) is 11.0. The quantitative estimate of drug-likeness (QED) is 0.325. The first kappa shape index (κ1) is 23.4. The van der Waals surface area contributed by atoms with Crippen molar-refractivity contribution in [3.8, 4) is 0 Å². The summed E-state index contributed by atoms with van der Waals surface area (Å²) in [6.07, 6.45) is 18.5. The smallest absolute Gasteiger partial charge is 0.325 e. The predicted molar refractivity (Wildman–Crippen MR) is 103 cm³/mol. The molecule has 0 aliphatic heterocycles. The molecule has 5 N–H and O–H groups in total. The lowest BCUT2D eigenvalue weighted by atomic mass is 9.87. The zero-order chi connectivity index (χ0) is 18.3. The molecule has 24 heavy (non-hydrogen) atoms. The monoisotopic (exact) mass is 342 g/mol. The van der Waals surface area contributed by atoms with Crippen molar-refractivity contribution in [3.63, 3.8) is 0 Å². The molecule has 0 aromatic carbocycles. The van der Waals surface area contributed by atoms with E-state index in [1.165, 1.54) is 77.0 Å². The second-order valence-electron chi connectivity index (χ2n) is 7.48. The number of unbranched alkanes of at least 4 members (excludes halogenated alkanes) is 13. The number of aliphatic carboxylic acids is 1. The van der Waals surface area contributed by atoms with Gasteiger partial charge in [-0.3, -0.25) is 4.79 Å². The second kappa shape index (κ2) is 14.7. The highest BCUT2D eigenvalue weighted by molar-refractivity contribution is 5.79. The third-order valence-electron chi connectivity index (χ3n) is 5.15. The van der Waals surface area contributed by atoms with Crippen LogP contribution in [0.15, 0.2) is 0 Å². The fourth-order valence-corrected chi connectivity index (χ4v) is 3.14. The first-order chi connectivity index (χ1) is 11.4. The summed E-state index contributed by atoms with van der Waals surface area (Å²) in [6.45, 7) is 3.94. The van der Waals surface area contributed by atoms with Crippen LogP contribution in [0.3, 0.4) is 0 Å². The highest BCUT2D eigenvalue weighted by Gasteiger charge is 2.37. The molecule has 0 aliphatic rings. The average molecular weight is 343 g/mol. The molecule has 4 nitrogen and oxygen atoms in total. The maximum absolute atomic E-state index is 11.2. The second-order valence-corrected chi connectivity index (χ2v) is 7.48. The molecule has 0 fully saturated rings. The molecule has 2 atom stereocenters. The Bertz CT molecular complexity index is 308. The van der Waals surface area contributed by atoms with Crippen LogP contribution in [0, 0.1) is 0 Å². The highest BCUT2D eigenvalue weighted by Crippen LogP contribution is 2.18. The molecule has 0 saturated carbocycles. The topological polar surface area (TPSA) is 89.3 Å². The Labute approximate surface area is 149 Å². The molecular formula is C20H42N2O2. The Morgan fingerprint density at radius 3 is 1.46 bits per heavy atom. The van der Waals surface area contributed by atoms with E-state index in [1.54, 1.807) is 6.92 Å². The fraction of sp³-hybridized carbons (Fsp3) is 0.950. The van der Waals surface area contributed by atoms with Gasteiger partial charge in [0.05, 0.1) is 0 Å². The minimum atomic E-state index is -1.27. The molecule has 0 aromatic rings. The maximum Gasteiger partial charge on any atom is 0.325 e. The van der Waals surface area contributed by atoms with Crippen LogP contribution >= 0.6 is 0 Å². The van der Waals surface area contributed by atoms with Gasteiger partial charge < -0.3 is 16.6 Å². The van der Waals surface area contributed by atoms with Gasteiger partial charge in [0, 0.05) is 6.04 Å². The molecule has 0 aromatic heterocycles. The van der Waals surface area contributed by atoms with Crippen LogP contribution in [-0.2, 0) is 4.79 Å². The third-order valence-corrected chi connectivity index (χ3v) is 5.15. The molecule has 0 bridgehead atoms. The van der Waals surface area contributed by atoms with Crippen molar-refractivity contribution in [2.45, 2.75) is 122 Å². The molecule has 0 saturated heterocycles. The van der Waals surface area contributed by atoms with Crippen molar-refractivity contribution in [2.24, 2.45) is 11.5 Å². The summed E-state index contributed by atoms with van der Waals surface area (Å²) in [5, 5.41) is 9.20. The summed E-state index contributed by atoms with van der Waals surface area (Å²) in [5.41, 5.74) is 10.4. The molecule has 0 amide bonds. The normalized spacial score (nSPS) is 15.2. The summed E-state index contributed by atoms with van der Waals surface area (Å²) in [6, 6.07) is -0.517. The van der Waals surface area contributed by atoms with Gasteiger partial charge in [0.2, 0.25) is 0 Å². The number of hydrogen-bond acceptors (Lipinski definition) is 3. The lowest BCUT2D eigenvalue weighted by Crippen LogP contribution is -2.59.